The highest BCUT2D eigenvalue weighted by Gasteiger charge is 2.24. The number of nitrogens with one attached hydrogen (secondary N) is 1. The predicted octanol–water partition coefficient (Wildman–Crippen LogP) is 3.51. The molecular formula is C33H32F2N6O9S. The number of halogens is 2. The third-order valence-corrected chi connectivity index (χ3v) is 8.72. The third kappa shape index (κ3) is 10.0. The van der Waals surface area contributed by atoms with Crippen molar-refractivity contribution >= 4 is 56.1 Å². The Bertz CT molecular complexity index is 2090. The number of ether oxygens (including phenoxy) is 1. The van der Waals surface area contributed by atoms with Gasteiger partial charge in [0.05, 0.1) is 25.5 Å². The predicted molar refractivity (Wildman–Crippen MR) is 180 cm³/mol. The van der Waals surface area contributed by atoms with Gasteiger partial charge in [0, 0.05) is 55.5 Å². The van der Waals surface area contributed by atoms with Gasteiger partial charge in [-0.1, -0.05) is 6.07 Å². The number of carbonyl (C=O) groups excluding carboxylic acids is 2. The van der Waals surface area contributed by atoms with E-state index >= 15 is 0 Å². The molecule has 1 amide bonds. The van der Waals surface area contributed by atoms with Gasteiger partial charge in [-0.3, -0.25) is 23.9 Å². The van der Waals surface area contributed by atoms with Gasteiger partial charge in [-0.2, -0.15) is 0 Å². The second kappa shape index (κ2) is 16.6. The lowest BCUT2D eigenvalue weighted by Crippen LogP contribution is -2.48. The summed E-state index contributed by atoms with van der Waals surface area (Å²) in [5.74, 6) is -4.12. The smallest absolute Gasteiger partial charge is 0.303 e. The first-order valence-electron chi connectivity index (χ1n) is 15.1. The van der Waals surface area contributed by atoms with Crippen LogP contribution in [-0.2, 0) is 29.2 Å². The highest BCUT2D eigenvalue weighted by atomic mass is 32.2. The summed E-state index contributed by atoms with van der Waals surface area (Å²) in [6.45, 7) is 3.27. The fourth-order valence-corrected chi connectivity index (χ4v) is 5.97. The highest BCUT2D eigenvalue weighted by Crippen LogP contribution is 2.33. The summed E-state index contributed by atoms with van der Waals surface area (Å²) in [7, 11) is -3.14. The van der Waals surface area contributed by atoms with Gasteiger partial charge in [-0.15, -0.1) is 0 Å². The SMILES string of the molecule is COc1ncc(-c2ccc3ncnc(N4CCN(C(=O)/C=C/C(C)=O)CC4)c3c2)cc1NS(=O)(=O)c1ccc(F)cc1F.O=C(O)CCC(=O)O. The van der Waals surface area contributed by atoms with Crippen LogP contribution < -0.4 is 14.4 Å². The molecule has 1 aliphatic heterocycles. The van der Waals surface area contributed by atoms with Gasteiger partial charge in [0.2, 0.25) is 11.8 Å². The molecule has 51 heavy (non-hydrogen) atoms. The molecule has 2 aromatic heterocycles. The van der Waals surface area contributed by atoms with Crippen molar-refractivity contribution in [3.8, 4) is 17.0 Å². The van der Waals surface area contributed by atoms with Crippen molar-refractivity contribution in [3.05, 3.63) is 78.8 Å². The number of carboxylic acid groups (broad SMARTS) is 2. The second-order valence-electron chi connectivity index (χ2n) is 10.9. The van der Waals surface area contributed by atoms with Crippen molar-refractivity contribution in [2.24, 2.45) is 0 Å². The number of methoxy groups -OCH3 is 1. The van der Waals surface area contributed by atoms with E-state index in [0.717, 1.165) is 17.5 Å². The number of sulfonamides is 1. The number of hydrogen-bond acceptors (Lipinski definition) is 11. The van der Waals surface area contributed by atoms with Crippen LogP contribution in [-0.4, -0.2) is 95.4 Å². The van der Waals surface area contributed by atoms with E-state index in [9.17, 15) is 36.4 Å². The molecule has 1 aliphatic rings. The van der Waals surface area contributed by atoms with Gasteiger partial charge in [-0.25, -0.2) is 32.2 Å². The largest absolute Gasteiger partial charge is 0.481 e. The minimum atomic E-state index is -4.45. The van der Waals surface area contributed by atoms with Crippen molar-refractivity contribution in [1.82, 2.24) is 19.9 Å². The average molecular weight is 727 g/mol. The van der Waals surface area contributed by atoms with Crippen molar-refractivity contribution in [2.75, 3.05) is 42.9 Å². The fraction of sp³-hybridized carbons (Fsp3) is 0.242. The fourth-order valence-electron chi connectivity index (χ4n) is 4.86. The molecule has 0 saturated carbocycles. The molecule has 2 aromatic carbocycles. The van der Waals surface area contributed by atoms with Gasteiger partial charge in [0.1, 0.15) is 34.4 Å². The van der Waals surface area contributed by atoms with Gasteiger partial charge < -0.3 is 24.7 Å². The molecule has 3 heterocycles. The quantitative estimate of drug-likeness (QED) is 0.189. The monoisotopic (exact) mass is 726 g/mol. The van der Waals surface area contributed by atoms with Gasteiger partial charge in [0.15, 0.2) is 5.78 Å². The Balaban J connectivity index is 0.000000652. The number of pyridine rings is 1. The number of benzene rings is 2. The van der Waals surface area contributed by atoms with Crippen molar-refractivity contribution in [2.45, 2.75) is 24.7 Å². The molecule has 0 bridgehead atoms. The van der Waals surface area contributed by atoms with Crippen molar-refractivity contribution in [1.29, 1.82) is 0 Å². The number of amides is 1. The van der Waals surface area contributed by atoms with E-state index in [1.807, 2.05) is 11.0 Å². The number of piperazine rings is 1. The van der Waals surface area contributed by atoms with Crippen LogP contribution in [0.4, 0.5) is 20.3 Å². The lowest BCUT2D eigenvalue weighted by atomic mass is 10.0. The van der Waals surface area contributed by atoms with Crippen LogP contribution in [0.15, 0.2) is 72.0 Å². The Morgan fingerprint density at radius 3 is 2.20 bits per heavy atom. The number of hydrogen-bond donors (Lipinski definition) is 3. The number of nitrogens with zero attached hydrogens (tertiary/aromatic N) is 5. The van der Waals surface area contributed by atoms with E-state index in [0.29, 0.717) is 54.7 Å². The molecule has 18 heteroatoms. The molecule has 1 fully saturated rings. The standard InChI is InChI=1S/C29H26F2N6O5S.C4H6O4/c1-18(38)3-8-27(39)36-9-11-37(12-10-36)28-22-13-19(4-6-24(22)33-17-34-28)20-14-25(29(42-2)32-16-20)35-43(40,41)26-7-5-21(30)15-23(26)31;5-3(6)1-2-4(7)8/h3-8,13-17,35H,9-12H2,1-2H3;1-2H2,(H,5,6)(H,7,8)/b8-3+;. The van der Waals surface area contributed by atoms with E-state index in [4.69, 9.17) is 14.9 Å². The van der Waals surface area contributed by atoms with E-state index in [2.05, 4.69) is 19.7 Å². The van der Waals surface area contributed by atoms with Crippen LogP contribution >= 0.6 is 0 Å². The number of allylic oxidation sites excluding steroid dienone is 1. The van der Waals surface area contributed by atoms with Crippen molar-refractivity contribution < 1.29 is 51.3 Å². The molecule has 268 valence electrons. The lowest BCUT2D eigenvalue weighted by Gasteiger charge is -2.35. The Morgan fingerprint density at radius 2 is 1.59 bits per heavy atom. The highest BCUT2D eigenvalue weighted by molar-refractivity contribution is 7.92. The number of aliphatic carboxylic acids is 2. The Morgan fingerprint density at radius 1 is 0.902 bits per heavy atom. The summed E-state index contributed by atoms with van der Waals surface area (Å²) >= 11 is 0. The summed E-state index contributed by atoms with van der Waals surface area (Å²) in [4.78, 5) is 58.9. The van der Waals surface area contributed by atoms with Crippen LogP contribution in [0.5, 0.6) is 5.88 Å². The van der Waals surface area contributed by atoms with E-state index in [-0.39, 0.29) is 36.1 Å². The molecule has 4 aromatic rings. The zero-order valence-corrected chi connectivity index (χ0v) is 28.1. The molecule has 0 atom stereocenters. The maximum absolute atomic E-state index is 14.3. The van der Waals surface area contributed by atoms with Gasteiger partial charge in [0.25, 0.3) is 10.0 Å². The lowest BCUT2D eigenvalue weighted by molar-refractivity contribution is -0.143. The maximum atomic E-state index is 14.3. The molecule has 0 spiro atoms. The summed E-state index contributed by atoms with van der Waals surface area (Å²) in [6, 6.07) is 9.09. The summed E-state index contributed by atoms with van der Waals surface area (Å²) in [5.41, 5.74) is 1.80. The second-order valence-corrected chi connectivity index (χ2v) is 12.6. The molecule has 5 rings (SSSR count). The van der Waals surface area contributed by atoms with Crippen molar-refractivity contribution in [3.63, 3.8) is 0 Å². The van der Waals surface area contributed by atoms with Gasteiger partial charge in [-0.05, 0) is 48.9 Å². The number of anilines is 2. The molecule has 0 aliphatic carbocycles. The maximum Gasteiger partial charge on any atom is 0.303 e. The number of carboxylic acids is 2. The van der Waals surface area contributed by atoms with Crippen LogP contribution in [0.2, 0.25) is 0 Å². The van der Waals surface area contributed by atoms with Crippen LogP contribution in [0, 0.1) is 11.6 Å². The molecule has 0 unspecified atom stereocenters. The first kappa shape index (κ1) is 37.8. The van der Waals surface area contributed by atoms with E-state index in [1.54, 1.807) is 17.0 Å². The number of aromatic nitrogens is 3. The number of rotatable bonds is 11. The topological polar surface area (TPSA) is 209 Å². The summed E-state index contributed by atoms with van der Waals surface area (Å²) in [6.07, 6.45) is 4.89. The minimum absolute atomic E-state index is 0.0482. The van der Waals surface area contributed by atoms with Crippen LogP contribution in [0.25, 0.3) is 22.0 Å². The zero-order chi connectivity index (χ0) is 37.3. The Hall–Kier alpha value is -6.04. The molecular weight excluding hydrogens is 694 g/mol. The first-order valence-corrected chi connectivity index (χ1v) is 16.6. The van der Waals surface area contributed by atoms with Gasteiger partial charge >= 0.3 is 11.9 Å². The van der Waals surface area contributed by atoms with Crippen LogP contribution in [0.1, 0.15) is 19.8 Å². The average Bonchev–Trinajstić information content (AvgIpc) is 3.09. The zero-order valence-electron chi connectivity index (χ0n) is 27.2. The minimum Gasteiger partial charge on any atom is -0.481 e. The number of ketones is 1. The van der Waals surface area contributed by atoms with Crippen LogP contribution in [0.3, 0.4) is 0 Å². The molecule has 1 saturated heterocycles. The van der Waals surface area contributed by atoms with E-state index in [1.165, 1.54) is 44.8 Å². The normalized spacial score (nSPS) is 13.0. The first-order chi connectivity index (χ1) is 24.2. The Labute approximate surface area is 290 Å². The third-order valence-electron chi connectivity index (χ3n) is 7.32. The summed E-state index contributed by atoms with van der Waals surface area (Å²) < 4.78 is 61.1. The number of fused-ring (bicyclic) bond motifs is 1. The Kier molecular flexibility index (Phi) is 12.3. The van der Waals surface area contributed by atoms with E-state index < -0.39 is 38.5 Å². The summed E-state index contributed by atoms with van der Waals surface area (Å²) in [5, 5.41) is 16.5. The molecule has 3 N–H and O–H groups in total. The molecule has 0 radical (unpaired) electrons. The molecule has 15 nitrogen and oxygen atoms in total. The number of carbonyl (C=O) groups is 4.